The number of aromatic nitrogens is 1. The molecule has 0 amide bonds. The minimum Gasteiger partial charge on any atom is -0.467 e. The first kappa shape index (κ1) is 15.6. The Bertz CT molecular complexity index is 784. The van der Waals surface area contributed by atoms with Crippen LogP contribution in [0.1, 0.15) is 10.6 Å². The normalized spacial score (nSPS) is 12.7. The zero-order valence-electron chi connectivity index (χ0n) is 11.6. The highest BCUT2D eigenvalue weighted by Gasteiger charge is 2.17. The Morgan fingerprint density at radius 3 is 2.95 bits per heavy atom. The maximum Gasteiger partial charge on any atom is 0.131 e. The van der Waals surface area contributed by atoms with E-state index < -0.39 is 0 Å². The van der Waals surface area contributed by atoms with Gasteiger partial charge >= 0.3 is 0 Å². The Morgan fingerprint density at radius 2 is 2.27 bits per heavy atom. The third kappa shape index (κ3) is 3.22. The quantitative estimate of drug-likeness (QED) is 0.661. The minimum atomic E-state index is -0.208. The van der Waals surface area contributed by atoms with Crippen LogP contribution in [-0.4, -0.2) is 11.0 Å². The standard InChI is InChI=1S/C15H14Cl2N3OS/c1-8(18)5-11-13(17)14-15(22-11)10(6-12(16)20-14)19-7-9-3-2-4-21-9/h2-4,6,8H,1,5,7,18H2,(H,19,20)/t8-/m1/s1. The van der Waals surface area contributed by atoms with Gasteiger partial charge < -0.3 is 15.5 Å². The van der Waals surface area contributed by atoms with Gasteiger partial charge in [0.05, 0.1) is 28.2 Å². The van der Waals surface area contributed by atoms with Crippen molar-refractivity contribution in [2.24, 2.45) is 5.73 Å². The summed E-state index contributed by atoms with van der Waals surface area (Å²) in [5.74, 6) is 0.837. The first-order valence-electron chi connectivity index (χ1n) is 6.67. The summed E-state index contributed by atoms with van der Waals surface area (Å²) in [6.45, 7) is 4.36. The van der Waals surface area contributed by atoms with Crippen LogP contribution in [0.25, 0.3) is 10.2 Å². The average Bonchev–Trinajstić information content (AvgIpc) is 3.07. The van der Waals surface area contributed by atoms with E-state index in [0.717, 1.165) is 21.0 Å². The number of nitrogens with one attached hydrogen (secondary N) is 1. The zero-order valence-corrected chi connectivity index (χ0v) is 13.9. The van der Waals surface area contributed by atoms with Crippen molar-refractivity contribution in [1.29, 1.82) is 0 Å². The molecule has 0 aliphatic heterocycles. The number of anilines is 1. The van der Waals surface area contributed by atoms with Crippen LogP contribution in [-0.2, 0) is 13.0 Å². The van der Waals surface area contributed by atoms with Crippen LogP contribution < -0.4 is 11.1 Å². The summed E-state index contributed by atoms with van der Waals surface area (Å²) in [7, 11) is 0. The number of halogens is 2. The van der Waals surface area contributed by atoms with Gasteiger partial charge in [-0.15, -0.1) is 11.3 Å². The molecule has 4 nitrogen and oxygen atoms in total. The van der Waals surface area contributed by atoms with Crippen LogP contribution in [0.5, 0.6) is 0 Å². The molecule has 3 aromatic rings. The monoisotopic (exact) mass is 354 g/mol. The molecular formula is C15H14Cl2N3OS. The van der Waals surface area contributed by atoms with E-state index in [2.05, 4.69) is 17.2 Å². The molecule has 3 N–H and O–H groups in total. The molecule has 0 bridgehead atoms. The Kier molecular flexibility index (Phi) is 4.59. The second-order valence-corrected chi connectivity index (χ2v) is 6.78. The molecule has 0 saturated carbocycles. The van der Waals surface area contributed by atoms with E-state index in [1.807, 2.05) is 12.1 Å². The maximum absolute atomic E-state index is 6.40. The van der Waals surface area contributed by atoms with E-state index in [1.54, 1.807) is 23.7 Å². The molecule has 0 aromatic carbocycles. The molecular weight excluding hydrogens is 341 g/mol. The Balaban J connectivity index is 1.98. The molecule has 0 aliphatic rings. The van der Waals surface area contributed by atoms with E-state index in [-0.39, 0.29) is 6.04 Å². The number of fused-ring (bicyclic) bond motifs is 1. The van der Waals surface area contributed by atoms with Gasteiger partial charge in [-0.2, -0.15) is 0 Å². The fraction of sp³-hybridized carbons (Fsp3) is 0.200. The molecule has 0 spiro atoms. The second kappa shape index (κ2) is 6.46. The summed E-state index contributed by atoms with van der Waals surface area (Å²) in [6, 6.07) is 5.33. The smallest absolute Gasteiger partial charge is 0.131 e. The van der Waals surface area contributed by atoms with E-state index in [9.17, 15) is 0 Å². The second-order valence-electron chi connectivity index (χ2n) is 4.91. The molecule has 3 rings (SSSR count). The van der Waals surface area contributed by atoms with Crippen LogP contribution in [0.4, 0.5) is 5.69 Å². The summed E-state index contributed by atoms with van der Waals surface area (Å²) < 4.78 is 6.28. The van der Waals surface area contributed by atoms with Crippen LogP contribution >= 0.6 is 34.5 Å². The molecule has 0 unspecified atom stereocenters. The summed E-state index contributed by atoms with van der Waals surface area (Å²) in [5.41, 5.74) is 7.34. The lowest BCUT2D eigenvalue weighted by Crippen LogP contribution is -2.17. The van der Waals surface area contributed by atoms with Crippen LogP contribution in [0, 0.1) is 6.92 Å². The Hall–Kier alpha value is -1.27. The molecule has 3 aromatic heterocycles. The molecule has 1 atom stereocenters. The Morgan fingerprint density at radius 1 is 1.45 bits per heavy atom. The maximum atomic E-state index is 6.40. The van der Waals surface area contributed by atoms with E-state index in [0.29, 0.717) is 28.7 Å². The van der Waals surface area contributed by atoms with Crippen LogP contribution in [0.2, 0.25) is 10.2 Å². The third-order valence-corrected chi connectivity index (χ3v) is 5.05. The van der Waals surface area contributed by atoms with E-state index in [1.165, 1.54) is 0 Å². The predicted molar refractivity (Wildman–Crippen MR) is 92.7 cm³/mol. The molecule has 22 heavy (non-hydrogen) atoms. The van der Waals surface area contributed by atoms with Gasteiger partial charge in [0.2, 0.25) is 0 Å². The lowest BCUT2D eigenvalue weighted by molar-refractivity contribution is 0.518. The van der Waals surface area contributed by atoms with E-state index >= 15 is 0 Å². The number of furan rings is 1. The van der Waals surface area contributed by atoms with Gasteiger partial charge in [0, 0.05) is 17.0 Å². The molecule has 0 aliphatic carbocycles. The highest BCUT2D eigenvalue weighted by Crippen LogP contribution is 2.40. The van der Waals surface area contributed by atoms with Gasteiger partial charge in [-0.1, -0.05) is 23.2 Å². The highest BCUT2D eigenvalue weighted by molar-refractivity contribution is 7.20. The van der Waals surface area contributed by atoms with Crippen molar-refractivity contribution in [2.75, 3.05) is 5.32 Å². The number of nitrogens with two attached hydrogens (primary N) is 1. The first-order valence-corrected chi connectivity index (χ1v) is 8.24. The number of thiophene rings is 1. The zero-order chi connectivity index (χ0) is 15.7. The number of pyridine rings is 1. The van der Waals surface area contributed by atoms with Crippen molar-refractivity contribution in [3.63, 3.8) is 0 Å². The van der Waals surface area contributed by atoms with Gasteiger partial charge in [-0.3, -0.25) is 0 Å². The SMILES string of the molecule is [CH2][C@@H](N)Cc1sc2c(NCc3ccco3)cc(Cl)nc2c1Cl. The number of rotatable bonds is 5. The molecule has 7 heteroatoms. The highest BCUT2D eigenvalue weighted by atomic mass is 35.5. The van der Waals surface area contributed by atoms with Gasteiger partial charge in [0.25, 0.3) is 0 Å². The van der Waals surface area contributed by atoms with Crippen LogP contribution in [0.15, 0.2) is 28.9 Å². The van der Waals surface area contributed by atoms with Crippen molar-refractivity contribution >= 4 is 50.4 Å². The number of hydrogen-bond acceptors (Lipinski definition) is 5. The van der Waals surface area contributed by atoms with Gasteiger partial charge in [0.1, 0.15) is 16.4 Å². The lowest BCUT2D eigenvalue weighted by Gasteiger charge is -2.06. The molecule has 115 valence electrons. The summed E-state index contributed by atoms with van der Waals surface area (Å²) in [6.07, 6.45) is 2.25. The first-order chi connectivity index (χ1) is 10.5. The largest absolute Gasteiger partial charge is 0.467 e. The lowest BCUT2D eigenvalue weighted by atomic mass is 10.2. The molecule has 0 fully saturated rings. The van der Waals surface area contributed by atoms with E-state index in [4.69, 9.17) is 33.4 Å². The van der Waals surface area contributed by atoms with Crippen molar-refractivity contribution in [3.05, 3.63) is 52.2 Å². The van der Waals surface area contributed by atoms with Gasteiger partial charge in [-0.05, 0) is 25.5 Å². The number of nitrogens with zero attached hydrogens (tertiary/aromatic N) is 1. The van der Waals surface area contributed by atoms with Gasteiger partial charge in [-0.25, -0.2) is 4.98 Å². The molecule has 1 radical (unpaired) electrons. The van der Waals surface area contributed by atoms with Crippen LogP contribution in [0.3, 0.4) is 0 Å². The topological polar surface area (TPSA) is 64.1 Å². The molecule has 0 saturated heterocycles. The summed E-state index contributed by atoms with van der Waals surface area (Å²) in [5, 5.41) is 4.30. The summed E-state index contributed by atoms with van der Waals surface area (Å²) in [4.78, 5) is 5.30. The summed E-state index contributed by atoms with van der Waals surface area (Å²) >= 11 is 14.1. The van der Waals surface area contributed by atoms with Crippen molar-refractivity contribution in [2.45, 2.75) is 19.0 Å². The average molecular weight is 355 g/mol. The molecule has 3 heterocycles. The number of hydrogen-bond donors (Lipinski definition) is 2. The van der Waals surface area contributed by atoms with Gasteiger partial charge in [0.15, 0.2) is 0 Å². The third-order valence-electron chi connectivity index (χ3n) is 3.10. The van der Waals surface area contributed by atoms with Crippen molar-refractivity contribution in [3.8, 4) is 0 Å². The predicted octanol–water partition coefficient (Wildman–Crippen LogP) is 4.51. The van der Waals surface area contributed by atoms with Crippen molar-refractivity contribution in [1.82, 2.24) is 4.98 Å². The fourth-order valence-corrected chi connectivity index (χ4v) is 3.95. The minimum absolute atomic E-state index is 0.208. The Labute approximate surface area is 142 Å². The fourth-order valence-electron chi connectivity index (χ4n) is 2.15. The van der Waals surface area contributed by atoms with Crippen molar-refractivity contribution < 1.29 is 4.42 Å².